The van der Waals surface area contributed by atoms with Crippen LogP contribution < -0.4 is 20.1 Å². The highest BCUT2D eigenvalue weighted by Gasteiger charge is 2.33. The molecule has 0 saturated carbocycles. The van der Waals surface area contributed by atoms with Crippen LogP contribution in [0.15, 0.2) is 18.3 Å². The molecule has 10 heteroatoms. The maximum atomic E-state index is 14.7. The Bertz CT molecular complexity index is 836. The Kier molecular flexibility index (Phi) is 5.59. The van der Waals surface area contributed by atoms with E-state index >= 15 is 0 Å². The standard InChI is InChI=1S/C17H19ClFN5O3/c1-9-14(18)22-16(15(20)25)23-17(9)24-6-5-12(11(19)8-24)27-10-3-4-13(26-2)21-7-10/h3-4,7,11-12H,5-6,8H2,1-2H3,(H2,20,25)/t11-,12+/m0/s1. The molecule has 1 fully saturated rings. The van der Waals surface area contributed by atoms with E-state index < -0.39 is 18.2 Å². The van der Waals surface area contributed by atoms with Crippen molar-refractivity contribution in [2.75, 3.05) is 25.1 Å². The zero-order valence-electron chi connectivity index (χ0n) is 14.9. The van der Waals surface area contributed by atoms with Gasteiger partial charge >= 0.3 is 0 Å². The van der Waals surface area contributed by atoms with Crippen LogP contribution in [0.1, 0.15) is 22.6 Å². The molecule has 0 aromatic carbocycles. The van der Waals surface area contributed by atoms with Crippen LogP contribution in [0.5, 0.6) is 11.6 Å². The number of rotatable bonds is 5. The van der Waals surface area contributed by atoms with Crippen LogP contribution in [0.25, 0.3) is 0 Å². The van der Waals surface area contributed by atoms with Crippen molar-refractivity contribution in [1.29, 1.82) is 0 Å². The second-order valence-corrected chi connectivity index (χ2v) is 6.45. The van der Waals surface area contributed by atoms with Crippen LogP contribution in [0, 0.1) is 6.92 Å². The van der Waals surface area contributed by atoms with Gasteiger partial charge in [-0.3, -0.25) is 4.79 Å². The van der Waals surface area contributed by atoms with E-state index in [9.17, 15) is 9.18 Å². The fraction of sp³-hybridized carbons (Fsp3) is 0.412. The number of anilines is 1. The minimum absolute atomic E-state index is 0.0423. The van der Waals surface area contributed by atoms with Crippen LogP contribution in [0.2, 0.25) is 5.15 Å². The number of carbonyl (C=O) groups is 1. The van der Waals surface area contributed by atoms with Gasteiger partial charge in [-0.1, -0.05) is 11.6 Å². The molecular formula is C17H19ClFN5O3. The summed E-state index contributed by atoms with van der Waals surface area (Å²) in [7, 11) is 1.52. The SMILES string of the molecule is COc1ccc(O[C@@H]2CCN(c3nc(C(N)=O)nc(Cl)c3C)C[C@@H]2F)cn1. The average molecular weight is 396 g/mol. The molecule has 2 atom stereocenters. The summed E-state index contributed by atoms with van der Waals surface area (Å²) in [4.78, 5) is 25.1. The van der Waals surface area contributed by atoms with Gasteiger partial charge in [0.25, 0.3) is 5.91 Å². The zero-order valence-corrected chi connectivity index (χ0v) is 15.6. The van der Waals surface area contributed by atoms with Crippen molar-refractivity contribution in [3.63, 3.8) is 0 Å². The number of piperidine rings is 1. The number of primary amides is 1. The Labute approximate surface area is 160 Å². The van der Waals surface area contributed by atoms with Gasteiger partial charge in [-0.2, -0.15) is 0 Å². The van der Waals surface area contributed by atoms with Crippen molar-refractivity contribution >= 4 is 23.3 Å². The smallest absolute Gasteiger partial charge is 0.286 e. The second kappa shape index (κ2) is 7.91. The lowest BCUT2D eigenvalue weighted by molar-refractivity contribution is 0.0814. The first-order valence-corrected chi connectivity index (χ1v) is 8.66. The molecule has 3 rings (SSSR count). The van der Waals surface area contributed by atoms with Crippen LogP contribution in [0.3, 0.4) is 0 Å². The van der Waals surface area contributed by atoms with E-state index in [1.54, 1.807) is 24.0 Å². The molecule has 2 aromatic heterocycles. The zero-order chi connectivity index (χ0) is 19.6. The number of hydrogen-bond acceptors (Lipinski definition) is 7. The van der Waals surface area contributed by atoms with Crippen LogP contribution in [0.4, 0.5) is 10.2 Å². The van der Waals surface area contributed by atoms with E-state index in [1.807, 2.05) is 0 Å². The number of hydrogen-bond donors (Lipinski definition) is 1. The van der Waals surface area contributed by atoms with Crippen molar-refractivity contribution in [3.8, 4) is 11.6 Å². The van der Waals surface area contributed by atoms with Crippen molar-refractivity contribution in [1.82, 2.24) is 15.0 Å². The summed E-state index contributed by atoms with van der Waals surface area (Å²) in [5.74, 6) is 0.333. The quantitative estimate of drug-likeness (QED) is 0.771. The Hall–Kier alpha value is -2.68. The summed E-state index contributed by atoms with van der Waals surface area (Å²) in [5.41, 5.74) is 5.80. The highest BCUT2D eigenvalue weighted by atomic mass is 35.5. The molecule has 0 spiro atoms. The van der Waals surface area contributed by atoms with Crippen molar-refractivity contribution in [2.24, 2.45) is 5.73 Å². The lowest BCUT2D eigenvalue weighted by Gasteiger charge is -2.36. The number of alkyl halides is 1. The van der Waals surface area contributed by atoms with E-state index in [2.05, 4.69) is 15.0 Å². The number of nitrogens with zero attached hydrogens (tertiary/aromatic N) is 4. The van der Waals surface area contributed by atoms with Gasteiger partial charge in [0.1, 0.15) is 22.8 Å². The molecule has 3 heterocycles. The van der Waals surface area contributed by atoms with Gasteiger partial charge in [0.2, 0.25) is 11.7 Å². The molecule has 0 bridgehead atoms. The lowest BCUT2D eigenvalue weighted by atomic mass is 10.1. The summed E-state index contributed by atoms with van der Waals surface area (Å²) >= 11 is 6.06. The Morgan fingerprint density at radius 2 is 2.19 bits per heavy atom. The Balaban J connectivity index is 1.72. The summed E-state index contributed by atoms with van der Waals surface area (Å²) in [6, 6.07) is 3.33. The molecule has 0 aliphatic carbocycles. The number of halogens is 2. The van der Waals surface area contributed by atoms with Gasteiger partial charge < -0.3 is 20.1 Å². The lowest BCUT2D eigenvalue weighted by Crippen LogP contribution is -2.47. The molecule has 2 N–H and O–H groups in total. The summed E-state index contributed by atoms with van der Waals surface area (Å²) in [6.07, 6.45) is 0.0154. The minimum Gasteiger partial charge on any atom is -0.486 e. The molecule has 1 aliphatic heterocycles. The molecular weight excluding hydrogens is 377 g/mol. The van der Waals surface area contributed by atoms with Gasteiger partial charge in [0, 0.05) is 24.6 Å². The first kappa shape index (κ1) is 19.1. The molecule has 0 unspecified atom stereocenters. The van der Waals surface area contributed by atoms with Crippen molar-refractivity contribution in [2.45, 2.75) is 25.6 Å². The number of nitrogens with two attached hydrogens (primary N) is 1. The first-order valence-electron chi connectivity index (χ1n) is 8.28. The molecule has 144 valence electrons. The molecule has 8 nitrogen and oxygen atoms in total. The molecule has 1 amide bonds. The van der Waals surface area contributed by atoms with E-state index in [0.29, 0.717) is 36.0 Å². The first-order chi connectivity index (χ1) is 12.9. The predicted molar refractivity (Wildman–Crippen MR) is 97.2 cm³/mol. The second-order valence-electron chi connectivity index (χ2n) is 6.09. The number of ether oxygens (including phenoxy) is 2. The Morgan fingerprint density at radius 3 is 2.78 bits per heavy atom. The third-order valence-electron chi connectivity index (χ3n) is 4.27. The summed E-state index contributed by atoms with van der Waals surface area (Å²) in [6.45, 7) is 2.23. The highest BCUT2D eigenvalue weighted by molar-refractivity contribution is 6.30. The number of amides is 1. The van der Waals surface area contributed by atoms with E-state index in [-0.39, 0.29) is 17.5 Å². The molecule has 1 saturated heterocycles. The molecule has 2 aromatic rings. The predicted octanol–water partition coefficient (Wildman–Crippen LogP) is 1.94. The minimum atomic E-state index is -1.27. The Morgan fingerprint density at radius 1 is 1.41 bits per heavy atom. The largest absolute Gasteiger partial charge is 0.486 e. The summed E-state index contributed by atoms with van der Waals surface area (Å²) < 4.78 is 25.4. The third kappa shape index (κ3) is 4.19. The van der Waals surface area contributed by atoms with Crippen LogP contribution in [-0.2, 0) is 0 Å². The van der Waals surface area contributed by atoms with Gasteiger partial charge in [-0.05, 0) is 13.0 Å². The normalized spacial score (nSPS) is 19.6. The van der Waals surface area contributed by atoms with Crippen LogP contribution >= 0.6 is 11.6 Å². The number of pyridine rings is 1. The monoisotopic (exact) mass is 395 g/mol. The van der Waals surface area contributed by atoms with Crippen molar-refractivity contribution < 1.29 is 18.7 Å². The molecule has 27 heavy (non-hydrogen) atoms. The van der Waals surface area contributed by atoms with Gasteiger partial charge in [-0.15, -0.1) is 0 Å². The average Bonchev–Trinajstić information content (AvgIpc) is 2.66. The molecule has 0 radical (unpaired) electrons. The van der Waals surface area contributed by atoms with Gasteiger partial charge in [0.05, 0.1) is 19.9 Å². The fourth-order valence-electron chi connectivity index (χ4n) is 2.84. The third-order valence-corrected chi connectivity index (χ3v) is 4.64. The van der Waals surface area contributed by atoms with Gasteiger partial charge in [-0.25, -0.2) is 19.3 Å². The summed E-state index contributed by atoms with van der Waals surface area (Å²) in [5, 5.41) is 0.117. The van der Waals surface area contributed by atoms with E-state index in [0.717, 1.165) is 0 Å². The molecule has 1 aliphatic rings. The van der Waals surface area contributed by atoms with E-state index in [1.165, 1.54) is 13.3 Å². The number of carbonyl (C=O) groups excluding carboxylic acids is 1. The maximum Gasteiger partial charge on any atom is 0.286 e. The van der Waals surface area contributed by atoms with Crippen molar-refractivity contribution in [3.05, 3.63) is 34.9 Å². The van der Waals surface area contributed by atoms with Crippen LogP contribution in [-0.4, -0.2) is 53.3 Å². The maximum absolute atomic E-state index is 14.7. The number of aromatic nitrogens is 3. The fourth-order valence-corrected chi connectivity index (χ4v) is 3.00. The number of methoxy groups -OCH3 is 1. The highest BCUT2D eigenvalue weighted by Crippen LogP contribution is 2.28. The topological polar surface area (TPSA) is 103 Å². The van der Waals surface area contributed by atoms with Gasteiger partial charge in [0.15, 0.2) is 6.17 Å². The van der Waals surface area contributed by atoms with E-state index in [4.69, 9.17) is 26.8 Å².